The number of nitrogens with one attached hydrogen (secondary N) is 1. The van der Waals surface area contributed by atoms with Crippen molar-refractivity contribution in [1.82, 2.24) is 10.2 Å². The van der Waals surface area contributed by atoms with E-state index in [1.807, 2.05) is 37.3 Å². The number of benzene rings is 1. The third-order valence-corrected chi connectivity index (χ3v) is 5.31. The fraction of sp³-hybridized carbons (Fsp3) is 0.500. The quantitative estimate of drug-likeness (QED) is 0.844. The second kappa shape index (κ2) is 8.24. The zero-order valence-corrected chi connectivity index (χ0v) is 14.7. The van der Waals surface area contributed by atoms with E-state index in [0.29, 0.717) is 23.2 Å². The molecule has 0 unspecified atom stereocenters. The molecule has 1 saturated carbocycles. The smallest absolute Gasteiger partial charge is 0.267 e. The molecule has 0 spiro atoms. The number of ether oxygens (including phenoxy) is 1. The lowest BCUT2D eigenvalue weighted by atomic mass is 9.90. The van der Waals surface area contributed by atoms with Crippen molar-refractivity contribution >= 4 is 22.4 Å². The Bertz CT molecular complexity index is 653. The first-order chi connectivity index (χ1) is 11.8. The van der Waals surface area contributed by atoms with Crippen molar-refractivity contribution in [3.63, 3.8) is 0 Å². The summed E-state index contributed by atoms with van der Waals surface area (Å²) in [6.45, 7) is 1.93. The van der Waals surface area contributed by atoms with E-state index >= 15 is 0 Å². The number of para-hydroxylation sites is 1. The molecular weight excluding hydrogens is 322 g/mol. The number of nitrogens with zero attached hydrogens (tertiary/aromatic N) is 2. The first-order valence-corrected chi connectivity index (χ1v) is 9.44. The van der Waals surface area contributed by atoms with Crippen LogP contribution in [0.4, 0.5) is 5.13 Å². The maximum atomic E-state index is 12.4. The fourth-order valence-electron chi connectivity index (χ4n) is 2.97. The highest BCUT2D eigenvalue weighted by molar-refractivity contribution is 7.15. The Morgan fingerprint density at radius 2 is 2.00 bits per heavy atom. The van der Waals surface area contributed by atoms with Crippen LogP contribution in [0.15, 0.2) is 30.3 Å². The van der Waals surface area contributed by atoms with Crippen molar-refractivity contribution in [1.29, 1.82) is 0 Å². The van der Waals surface area contributed by atoms with Gasteiger partial charge in [-0.05, 0) is 31.4 Å². The summed E-state index contributed by atoms with van der Waals surface area (Å²) in [5, 5.41) is 12.9. The minimum atomic E-state index is -0.533. The van der Waals surface area contributed by atoms with Gasteiger partial charge in [-0.3, -0.25) is 10.1 Å². The molecule has 24 heavy (non-hydrogen) atoms. The Hall–Kier alpha value is -1.95. The summed E-state index contributed by atoms with van der Waals surface area (Å²) in [5.41, 5.74) is 0. The standard InChI is InChI=1S/C18H23N3O2S/c1-2-15(23-14-11-7-4-8-12-14)16(22)19-18-21-20-17(24-18)13-9-5-3-6-10-13/h4,7-8,11-13,15H,2-3,5-6,9-10H2,1H3,(H,19,21,22)/t15-/m0/s1. The molecule has 1 amide bonds. The molecule has 1 atom stereocenters. The number of anilines is 1. The number of aromatic nitrogens is 2. The van der Waals surface area contributed by atoms with E-state index < -0.39 is 6.10 Å². The zero-order valence-electron chi connectivity index (χ0n) is 13.9. The van der Waals surface area contributed by atoms with Crippen LogP contribution in [0, 0.1) is 0 Å². The van der Waals surface area contributed by atoms with Gasteiger partial charge in [-0.15, -0.1) is 10.2 Å². The van der Waals surface area contributed by atoms with Gasteiger partial charge in [0.25, 0.3) is 5.91 Å². The summed E-state index contributed by atoms with van der Waals surface area (Å²) in [6.07, 6.45) is 6.25. The highest BCUT2D eigenvalue weighted by Gasteiger charge is 2.23. The lowest BCUT2D eigenvalue weighted by Gasteiger charge is -2.18. The molecule has 2 aromatic rings. The van der Waals surface area contributed by atoms with Crippen LogP contribution in [0.5, 0.6) is 5.75 Å². The van der Waals surface area contributed by atoms with Gasteiger partial charge >= 0.3 is 0 Å². The van der Waals surface area contributed by atoms with Gasteiger partial charge in [-0.2, -0.15) is 0 Å². The first-order valence-electron chi connectivity index (χ1n) is 8.62. The minimum absolute atomic E-state index is 0.173. The van der Waals surface area contributed by atoms with Gasteiger partial charge in [0.2, 0.25) is 5.13 Å². The van der Waals surface area contributed by atoms with Crippen LogP contribution in [0.2, 0.25) is 0 Å². The van der Waals surface area contributed by atoms with Crippen molar-refractivity contribution in [3.05, 3.63) is 35.3 Å². The van der Waals surface area contributed by atoms with Crippen LogP contribution in [-0.4, -0.2) is 22.2 Å². The highest BCUT2D eigenvalue weighted by Crippen LogP contribution is 2.35. The maximum Gasteiger partial charge on any atom is 0.267 e. The van der Waals surface area contributed by atoms with E-state index in [1.54, 1.807) is 0 Å². The average Bonchev–Trinajstić information content (AvgIpc) is 3.09. The molecule has 3 rings (SSSR count). The SMILES string of the molecule is CC[C@H](Oc1ccccc1)C(=O)Nc1nnc(C2CCCCC2)s1. The van der Waals surface area contributed by atoms with Crippen LogP contribution in [-0.2, 0) is 4.79 Å². The van der Waals surface area contributed by atoms with Gasteiger partial charge in [0.1, 0.15) is 10.8 Å². The predicted molar refractivity (Wildman–Crippen MR) is 95.5 cm³/mol. The predicted octanol–water partition coefficient (Wildman–Crippen LogP) is 4.38. The Kier molecular flexibility index (Phi) is 5.80. The fourth-order valence-corrected chi connectivity index (χ4v) is 3.89. The van der Waals surface area contributed by atoms with E-state index in [2.05, 4.69) is 15.5 Å². The maximum absolute atomic E-state index is 12.4. The van der Waals surface area contributed by atoms with Gasteiger partial charge in [0.15, 0.2) is 6.10 Å². The van der Waals surface area contributed by atoms with Crippen molar-refractivity contribution in [2.45, 2.75) is 57.5 Å². The van der Waals surface area contributed by atoms with Crippen molar-refractivity contribution in [3.8, 4) is 5.75 Å². The molecule has 0 bridgehead atoms. The van der Waals surface area contributed by atoms with E-state index in [-0.39, 0.29) is 5.91 Å². The summed E-state index contributed by atoms with van der Waals surface area (Å²) in [6, 6.07) is 9.40. The molecule has 1 aliphatic carbocycles. The van der Waals surface area contributed by atoms with Crippen LogP contribution < -0.4 is 10.1 Å². The van der Waals surface area contributed by atoms with Crippen LogP contribution in [0.25, 0.3) is 0 Å². The van der Waals surface area contributed by atoms with Gasteiger partial charge in [0, 0.05) is 5.92 Å². The topological polar surface area (TPSA) is 64.1 Å². The number of rotatable bonds is 6. The molecule has 1 aromatic heterocycles. The third-order valence-electron chi connectivity index (χ3n) is 4.31. The first kappa shape index (κ1) is 16.9. The van der Waals surface area contributed by atoms with Crippen molar-refractivity contribution in [2.24, 2.45) is 0 Å². The molecule has 1 N–H and O–H groups in total. The Morgan fingerprint density at radius 1 is 1.25 bits per heavy atom. The molecule has 0 saturated heterocycles. The Balaban J connectivity index is 1.59. The van der Waals surface area contributed by atoms with Crippen LogP contribution >= 0.6 is 11.3 Å². The Morgan fingerprint density at radius 3 is 2.71 bits per heavy atom. The van der Waals surface area contributed by atoms with E-state index in [9.17, 15) is 4.79 Å². The minimum Gasteiger partial charge on any atom is -0.481 e. The van der Waals surface area contributed by atoms with E-state index in [0.717, 1.165) is 5.01 Å². The van der Waals surface area contributed by atoms with Gasteiger partial charge in [-0.25, -0.2) is 0 Å². The second-order valence-electron chi connectivity index (χ2n) is 6.10. The molecular formula is C18H23N3O2S. The third kappa shape index (κ3) is 4.32. The lowest BCUT2D eigenvalue weighted by Crippen LogP contribution is -2.32. The van der Waals surface area contributed by atoms with Gasteiger partial charge < -0.3 is 4.74 Å². The molecule has 1 fully saturated rings. The second-order valence-corrected chi connectivity index (χ2v) is 7.11. The summed E-state index contributed by atoms with van der Waals surface area (Å²) in [7, 11) is 0. The monoisotopic (exact) mass is 345 g/mol. The number of carbonyl (C=O) groups excluding carboxylic acids is 1. The highest BCUT2D eigenvalue weighted by atomic mass is 32.1. The normalized spacial score (nSPS) is 16.5. The molecule has 0 aliphatic heterocycles. The molecule has 6 heteroatoms. The van der Waals surface area contributed by atoms with Crippen molar-refractivity contribution in [2.75, 3.05) is 5.32 Å². The number of amides is 1. The van der Waals surface area contributed by atoms with Gasteiger partial charge in [-0.1, -0.05) is 55.7 Å². The molecule has 1 heterocycles. The van der Waals surface area contributed by atoms with Gasteiger partial charge in [0.05, 0.1) is 0 Å². The van der Waals surface area contributed by atoms with Crippen LogP contribution in [0.1, 0.15) is 56.4 Å². The largest absolute Gasteiger partial charge is 0.481 e. The van der Waals surface area contributed by atoms with Crippen LogP contribution in [0.3, 0.4) is 0 Å². The summed E-state index contributed by atoms with van der Waals surface area (Å²) in [4.78, 5) is 12.4. The zero-order chi connectivity index (χ0) is 16.8. The number of hydrogen-bond donors (Lipinski definition) is 1. The molecule has 1 aliphatic rings. The Labute approximate surface area is 146 Å². The summed E-state index contributed by atoms with van der Waals surface area (Å²) >= 11 is 1.49. The number of hydrogen-bond acceptors (Lipinski definition) is 5. The molecule has 5 nitrogen and oxygen atoms in total. The van der Waals surface area contributed by atoms with Crippen molar-refractivity contribution < 1.29 is 9.53 Å². The lowest BCUT2D eigenvalue weighted by molar-refractivity contribution is -0.122. The average molecular weight is 345 g/mol. The molecule has 128 valence electrons. The molecule has 1 aromatic carbocycles. The van der Waals surface area contributed by atoms with E-state index in [4.69, 9.17) is 4.74 Å². The number of carbonyl (C=O) groups is 1. The molecule has 0 radical (unpaired) electrons. The summed E-state index contributed by atoms with van der Waals surface area (Å²) < 4.78 is 5.77. The van der Waals surface area contributed by atoms with E-state index in [1.165, 1.54) is 43.4 Å². The summed E-state index contributed by atoms with van der Waals surface area (Å²) in [5.74, 6) is 1.02.